The number of rotatable bonds is 2. The zero-order chi connectivity index (χ0) is 12.6. The van der Waals surface area contributed by atoms with Crippen LogP contribution in [0, 0.1) is 0 Å². The van der Waals surface area contributed by atoms with Crippen LogP contribution in [0.3, 0.4) is 0 Å². The van der Waals surface area contributed by atoms with E-state index in [9.17, 15) is 9.59 Å². The number of hydrogen-bond donors (Lipinski definition) is 2. The maximum absolute atomic E-state index is 11.4. The Labute approximate surface area is 98.2 Å². The number of benzene rings is 1. The molecule has 0 spiro atoms. The van der Waals surface area contributed by atoms with Crippen molar-refractivity contribution in [2.75, 3.05) is 24.3 Å². The van der Waals surface area contributed by atoms with Crippen molar-refractivity contribution in [3.8, 4) is 0 Å². The Morgan fingerprint density at radius 3 is 2.65 bits per heavy atom. The third-order valence-electron chi connectivity index (χ3n) is 2.81. The highest BCUT2D eigenvalue weighted by molar-refractivity contribution is 5.91. The van der Waals surface area contributed by atoms with E-state index in [0.29, 0.717) is 24.3 Å². The third kappa shape index (κ3) is 1.89. The molecule has 1 heterocycles. The monoisotopic (exact) mass is 235 g/mol. The summed E-state index contributed by atoms with van der Waals surface area (Å²) >= 11 is 0. The largest absolute Gasteiger partial charge is 0.478 e. The fourth-order valence-electron chi connectivity index (χ4n) is 1.85. The first-order valence-electron chi connectivity index (χ1n) is 5.17. The number of anilines is 2. The van der Waals surface area contributed by atoms with Crippen molar-refractivity contribution in [2.24, 2.45) is 0 Å². The fraction of sp³-hybridized carbons (Fsp3) is 0.273. The van der Waals surface area contributed by atoms with Crippen molar-refractivity contribution in [3.05, 3.63) is 23.8 Å². The normalized spacial score (nSPS) is 15.5. The summed E-state index contributed by atoms with van der Waals surface area (Å²) in [7, 11) is 1.67. The molecule has 0 bridgehead atoms. The molecule has 0 unspecified atom stereocenters. The third-order valence-corrected chi connectivity index (χ3v) is 2.81. The summed E-state index contributed by atoms with van der Waals surface area (Å²) in [6.07, 6.45) is 0.441. The van der Waals surface area contributed by atoms with Crippen LogP contribution in [0.25, 0.3) is 0 Å². The Morgan fingerprint density at radius 2 is 2.18 bits per heavy atom. The van der Waals surface area contributed by atoms with Gasteiger partial charge in [-0.3, -0.25) is 14.8 Å². The van der Waals surface area contributed by atoms with E-state index in [1.54, 1.807) is 18.1 Å². The summed E-state index contributed by atoms with van der Waals surface area (Å²) in [6.45, 7) is 0.561. The van der Waals surface area contributed by atoms with Gasteiger partial charge in [-0.15, -0.1) is 0 Å². The van der Waals surface area contributed by atoms with Gasteiger partial charge in [0.2, 0.25) is 5.91 Å². The van der Waals surface area contributed by atoms with E-state index in [4.69, 9.17) is 10.8 Å². The van der Waals surface area contributed by atoms with Crippen LogP contribution in [-0.4, -0.2) is 35.6 Å². The van der Waals surface area contributed by atoms with E-state index in [1.165, 1.54) is 17.1 Å². The second-order valence-corrected chi connectivity index (χ2v) is 3.87. The van der Waals surface area contributed by atoms with Crippen LogP contribution in [0.5, 0.6) is 0 Å². The number of hydrogen-bond acceptors (Lipinski definition) is 4. The molecule has 3 N–H and O–H groups in total. The average molecular weight is 235 g/mol. The van der Waals surface area contributed by atoms with E-state index < -0.39 is 5.97 Å². The van der Waals surface area contributed by atoms with E-state index in [0.717, 1.165) is 0 Å². The molecule has 6 heteroatoms. The minimum Gasteiger partial charge on any atom is -0.478 e. The zero-order valence-electron chi connectivity index (χ0n) is 9.38. The molecule has 0 atom stereocenters. The van der Waals surface area contributed by atoms with Crippen molar-refractivity contribution < 1.29 is 14.7 Å². The smallest absolute Gasteiger partial charge is 0.335 e. The number of nitrogen functional groups attached to an aromatic ring is 1. The van der Waals surface area contributed by atoms with Crippen LogP contribution in [-0.2, 0) is 4.79 Å². The van der Waals surface area contributed by atoms with Gasteiger partial charge in [-0.1, -0.05) is 0 Å². The Morgan fingerprint density at radius 1 is 1.47 bits per heavy atom. The summed E-state index contributed by atoms with van der Waals surface area (Å²) in [5.74, 6) is -0.999. The summed E-state index contributed by atoms with van der Waals surface area (Å²) in [5.41, 5.74) is 6.95. The lowest BCUT2D eigenvalue weighted by atomic mass is 10.1. The number of carbonyl (C=O) groups is 2. The molecule has 0 radical (unpaired) electrons. The number of nitrogens with zero attached hydrogens (tertiary/aromatic N) is 2. The second kappa shape index (κ2) is 3.97. The molecule has 1 aliphatic rings. The van der Waals surface area contributed by atoms with E-state index in [1.807, 2.05) is 0 Å². The SMILES string of the molecule is CN1C(=O)CCN1c1ccc(C(=O)O)cc1N. The number of carbonyl (C=O) groups excluding carboxylic acids is 1. The molecule has 6 nitrogen and oxygen atoms in total. The van der Waals surface area contributed by atoms with Crippen molar-refractivity contribution in [1.82, 2.24) is 5.01 Å². The van der Waals surface area contributed by atoms with Gasteiger partial charge in [-0.25, -0.2) is 4.79 Å². The molecule has 1 fully saturated rings. The van der Waals surface area contributed by atoms with Gasteiger partial charge in [0.15, 0.2) is 0 Å². The van der Waals surface area contributed by atoms with Crippen LogP contribution >= 0.6 is 0 Å². The first-order valence-corrected chi connectivity index (χ1v) is 5.17. The lowest BCUT2D eigenvalue weighted by molar-refractivity contribution is -0.126. The lowest BCUT2D eigenvalue weighted by Gasteiger charge is -2.27. The topological polar surface area (TPSA) is 86.9 Å². The molecule has 1 saturated heterocycles. The van der Waals surface area contributed by atoms with Gasteiger partial charge in [0, 0.05) is 20.0 Å². The molecule has 1 amide bonds. The van der Waals surface area contributed by atoms with Crippen LogP contribution in [0.4, 0.5) is 11.4 Å². The van der Waals surface area contributed by atoms with E-state index in [2.05, 4.69) is 0 Å². The predicted molar refractivity (Wildman–Crippen MR) is 62.5 cm³/mol. The highest BCUT2D eigenvalue weighted by Gasteiger charge is 2.27. The maximum atomic E-state index is 11.4. The van der Waals surface area contributed by atoms with Crippen molar-refractivity contribution in [3.63, 3.8) is 0 Å². The molecule has 0 saturated carbocycles. The first kappa shape index (κ1) is 11.3. The highest BCUT2D eigenvalue weighted by atomic mass is 16.4. The zero-order valence-corrected chi connectivity index (χ0v) is 9.38. The summed E-state index contributed by atoms with van der Waals surface area (Å²) < 4.78 is 0. The van der Waals surface area contributed by atoms with Gasteiger partial charge in [0.1, 0.15) is 0 Å². The second-order valence-electron chi connectivity index (χ2n) is 3.87. The van der Waals surface area contributed by atoms with Crippen LogP contribution in [0.15, 0.2) is 18.2 Å². The number of amides is 1. The van der Waals surface area contributed by atoms with E-state index in [-0.39, 0.29) is 11.5 Å². The van der Waals surface area contributed by atoms with Crippen LogP contribution < -0.4 is 10.7 Å². The first-order chi connectivity index (χ1) is 8.00. The Hall–Kier alpha value is -2.24. The Kier molecular flexibility index (Phi) is 2.63. The molecule has 1 aromatic carbocycles. The molecular formula is C11H13N3O3. The molecular weight excluding hydrogens is 222 g/mol. The minimum absolute atomic E-state index is 0.0201. The number of nitrogens with two attached hydrogens (primary N) is 1. The Bertz CT molecular complexity index is 487. The molecule has 0 aromatic heterocycles. The van der Waals surface area contributed by atoms with Gasteiger partial charge in [0.05, 0.1) is 16.9 Å². The molecule has 90 valence electrons. The van der Waals surface area contributed by atoms with Crippen LogP contribution in [0.2, 0.25) is 0 Å². The number of hydrazine groups is 1. The van der Waals surface area contributed by atoms with Gasteiger partial charge in [0.25, 0.3) is 0 Å². The maximum Gasteiger partial charge on any atom is 0.335 e. The van der Waals surface area contributed by atoms with Crippen molar-refractivity contribution in [2.45, 2.75) is 6.42 Å². The molecule has 1 aromatic rings. The summed E-state index contributed by atoms with van der Waals surface area (Å²) in [4.78, 5) is 22.2. The Balaban J connectivity index is 2.34. The predicted octanol–water partition coefficient (Wildman–Crippen LogP) is 0.550. The highest BCUT2D eigenvalue weighted by Crippen LogP contribution is 2.28. The standard InChI is InChI=1S/C11H13N3O3/c1-13-10(15)4-5-14(13)9-3-2-7(11(16)17)6-8(9)12/h2-3,6H,4-5,12H2,1H3,(H,16,17). The van der Waals surface area contributed by atoms with E-state index >= 15 is 0 Å². The summed E-state index contributed by atoms with van der Waals surface area (Å²) in [5, 5.41) is 12.1. The molecule has 2 rings (SSSR count). The fourth-order valence-corrected chi connectivity index (χ4v) is 1.85. The summed E-state index contributed by atoms with van der Waals surface area (Å²) in [6, 6.07) is 4.49. The van der Waals surface area contributed by atoms with Crippen LogP contribution in [0.1, 0.15) is 16.8 Å². The van der Waals surface area contributed by atoms with Gasteiger partial charge < -0.3 is 10.8 Å². The number of carboxylic acid groups (broad SMARTS) is 1. The van der Waals surface area contributed by atoms with Gasteiger partial charge >= 0.3 is 5.97 Å². The van der Waals surface area contributed by atoms with Crippen molar-refractivity contribution in [1.29, 1.82) is 0 Å². The minimum atomic E-state index is -1.02. The lowest BCUT2D eigenvalue weighted by Crippen LogP contribution is -2.35. The number of carboxylic acids is 1. The van der Waals surface area contributed by atoms with Gasteiger partial charge in [-0.2, -0.15) is 0 Å². The van der Waals surface area contributed by atoms with Gasteiger partial charge in [-0.05, 0) is 18.2 Å². The van der Waals surface area contributed by atoms with Crippen molar-refractivity contribution >= 4 is 23.3 Å². The average Bonchev–Trinajstić information content (AvgIpc) is 2.60. The quantitative estimate of drug-likeness (QED) is 0.731. The molecule has 17 heavy (non-hydrogen) atoms. The number of aromatic carboxylic acids is 1. The molecule has 1 aliphatic heterocycles. The molecule has 0 aliphatic carbocycles.